The molecule has 1 aliphatic carbocycles. The third-order valence-corrected chi connectivity index (χ3v) is 5.07. The molecule has 12 heteroatoms. The predicted octanol–water partition coefficient (Wildman–Crippen LogP) is 4.94. The van der Waals surface area contributed by atoms with Gasteiger partial charge in [0.25, 0.3) is 0 Å². The van der Waals surface area contributed by atoms with Crippen LogP contribution < -0.4 is 5.32 Å². The number of pyridine rings is 1. The van der Waals surface area contributed by atoms with Crippen LogP contribution in [0.15, 0.2) is 42.7 Å². The fourth-order valence-corrected chi connectivity index (χ4v) is 3.26. The summed E-state index contributed by atoms with van der Waals surface area (Å²) in [4.78, 5) is 25.3. The smallest absolute Gasteiger partial charge is 0.475 e. The van der Waals surface area contributed by atoms with E-state index in [0.29, 0.717) is 16.6 Å². The minimum absolute atomic E-state index is 0.0735. The van der Waals surface area contributed by atoms with Crippen LogP contribution in [0.25, 0.3) is 22.2 Å². The number of hydrogen-bond donors (Lipinski definition) is 2. The van der Waals surface area contributed by atoms with Crippen LogP contribution in [0.1, 0.15) is 24.0 Å². The number of fused-ring (bicyclic) bond motifs is 1. The minimum atomic E-state index is -5.08. The second-order valence-corrected chi connectivity index (χ2v) is 7.69. The van der Waals surface area contributed by atoms with Gasteiger partial charge in [0.1, 0.15) is 6.54 Å². The highest BCUT2D eigenvalue weighted by Gasteiger charge is 2.38. The van der Waals surface area contributed by atoms with Crippen LogP contribution in [0.4, 0.5) is 26.3 Å². The fourth-order valence-electron chi connectivity index (χ4n) is 3.26. The lowest BCUT2D eigenvalue weighted by Gasteiger charge is -2.14. The molecule has 2 heterocycles. The van der Waals surface area contributed by atoms with Gasteiger partial charge in [0.2, 0.25) is 5.91 Å². The van der Waals surface area contributed by atoms with E-state index < -0.39 is 23.9 Å². The number of amides is 1. The maximum Gasteiger partial charge on any atom is 0.490 e. The lowest BCUT2D eigenvalue weighted by Crippen LogP contribution is -2.29. The van der Waals surface area contributed by atoms with E-state index in [4.69, 9.17) is 9.90 Å². The van der Waals surface area contributed by atoms with Crippen molar-refractivity contribution >= 4 is 22.9 Å². The molecule has 2 aromatic heterocycles. The molecule has 0 spiro atoms. The maximum atomic E-state index is 13.2. The number of carbonyl (C=O) groups excluding carboxylic acids is 1. The van der Waals surface area contributed by atoms with Crippen molar-refractivity contribution in [2.75, 3.05) is 0 Å². The van der Waals surface area contributed by atoms with Gasteiger partial charge in [0, 0.05) is 24.0 Å². The Bertz CT molecular complexity index is 1210. The van der Waals surface area contributed by atoms with E-state index in [1.165, 1.54) is 13.0 Å². The predicted molar refractivity (Wildman–Crippen MR) is 110 cm³/mol. The van der Waals surface area contributed by atoms with Crippen molar-refractivity contribution < 1.29 is 41.0 Å². The van der Waals surface area contributed by atoms with Crippen LogP contribution in [0.2, 0.25) is 0 Å². The Balaban J connectivity index is 0.000000406. The number of aromatic nitrogens is 2. The molecule has 0 saturated heterocycles. The first-order valence-corrected chi connectivity index (χ1v) is 9.99. The molecular formula is C22H19F6N3O3. The first-order valence-electron chi connectivity index (χ1n) is 9.99. The van der Waals surface area contributed by atoms with Crippen molar-refractivity contribution in [2.24, 2.45) is 0 Å². The van der Waals surface area contributed by atoms with Crippen LogP contribution in [0.5, 0.6) is 0 Å². The van der Waals surface area contributed by atoms with E-state index in [9.17, 15) is 31.1 Å². The summed E-state index contributed by atoms with van der Waals surface area (Å²) in [6, 6.07) is 7.99. The van der Waals surface area contributed by atoms with Crippen LogP contribution in [0.3, 0.4) is 0 Å². The number of rotatable bonds is 4. The zero-order valence-corrected chi connectivity index (χ0v) is 17.7. The summed E-state index contributed by atoms with van der Waals surface area (Å²) in [5.74, 6) is -2.83. The van der Waals surface area contributed by atoms with Crippen LogP contribution in [-0.2, 0) is 22.3 Å². The van der Waals surface area contributed by atoms with Crippen molar-refractivity contribution in [3.63, 3.8) is 0 Å². The second-order valence-electron chi connectivity index (χ2n) is 7.69. The van der Waals surface area contributed by atoms with E-state index in [0.717, 1.165) is 24.4 Å². The van der Waals surface area contributed by atoms with Gasteiger partial charge in [0.05, 0.1) is 16.6 Å². The number of carboxylic acids is 1. The lowest BCUT2D eigenvalue weighted by atomic mass is 9.97. The van der Waals surface area contributed by atoms with Crippen molar-refractivity contribution in [1.82, 2.24) is 14.9 Å². The van der Waals surface area contributed by atoms with E-state index >= 15 is 0 Å². The Morgan fingerprint density at radius 3 is 2.35 bits per heavy atom. The van der Waals surface area contributed by atoms with Gasteiger partial charge in [-0.1, -0.05) is 12.1 Å². The van der Waals surface area contributed by atoms with E-state index in [-0.39, 0.29) is 24.1 Å². The number of benzene rings is 1. The number of carbonyl (C=O) groups is 2. The van der Waals surface area contributed by atoms with Gasteiger partial charge in [-0.05, 0) is 49.1 Å². The average molecular weight is 487 g/mol. The molecule has 4 rings (SSSR count). The van der Waals surface area contributed by atoms with Crippen molar-refractivity contribution in [1.29, 1.82) is 0 Å². The Kier molecular flexibility index (Phi) is 6.89. The van der Waals surface area contributed by atoms with E-state index in [1.54, 1.807) is 35.2 Å². The molecule has 0 atom stereocenters. The molecule has 34 heavy (non-hydrogen) atoms. The molecule has 1 aromatic carbocycles. The average Bonchev–Trinajstić information content (AvgIpc) is 3.45. The largest absolute Gasteiger partial charge is 0.490 e. The third kappa shape index (κ3) is 6.06. The van der Waals surface area contributed by atoms with Gasteiger partial charge in [-0.15, -0.1) is 0 Å². The summed E-state index contributed by atoms with van der Waals surface area (Å²) in [7, 11) is 0. The number of nitrogens with one attached hydrogen (secondary N) is 1. The van der Waals surface area contributed by atoms with Gasteiger partial charge in [-0.2, -0.15) is 26.3 Å². The lowest BCUT2D eigenvalue weighted by molar-refractivity contribution is -0.192. The molecule has 1 amide bonds. The van der Waals surface area contributed by atoms with Crippen molar-refractivity contribution in [2.45, 2.75) is 44.7 Å². The van der Waals surface area contributed by atoms with Crippen molar-refractivity contribution in [3.05, 3.63) is 53.9 Å². The standard InChI is InChI=1S/C20H18F3N3O.C2HF3O2/c1-12-15(3-2-4-16(12)20(21,22)23)13-9-18-17(24-10-13)7-8-26(18)11-19(27)25-14-5-6-14;3-2(4,5)1(6)7/h2-4,7-10,14H,5-6,11H2,1H3,(H,25,27);(H,6,7). The Hall–Kier alpha value is -3.57. The van der Waals surface area contributed by atoms with Crippen molar-refractivity contribution in [3.8, 4) is 11.1 Å². The maximum absolute atomic E-state index is 13.2. The zero-order chi connectivity index (χ0) is 25.3. The molecule has 1 aliphatic rings. The number of halogens is 6. The number of alkyl halides is 6. The van der Waals surface area contributed by atoms with Crippen LogP contribution in [0, 0.1) is 6.92 Å². The number of nitrogens with zero attached hydrogens (tertiary/aromatic N) is 2. The second kappa shape index (κ2) is 9.35. The number of carboxylic acid groups (broad SMARTS) is 1. The molecular weight excluding hydrogens is 468 g/mol. The van der Waals surface area contributed by atoms with E-state index in [1.807, 2.05) is 0 Å². The first kappa shape index (κ1) is 25.1. The first-order chi connectivity index (χ1) is 15.8. The van der Waals surface area contributed by atoms with Gasteiger partial charge in [-0.25, -0.2) is 4.79 Å². The molecule has 6 nitrogen and oxygen atoms in total. The minimum Gasteiger partial charge on any atom is -0.475 e. The molecule has 2 N–H and O–H groups in total. The van der Waals surface area contributed by atoms with Gasteiger partial charge < -0.3 is 15.0 Å². The highest BCUT2D eigenvalue weighted by molar-refractivity contribution is 5.85. The fraction of sp³-hybridized carbons (Fsp3) is 0.318. The molecule has 0 radical (unpaired) electrons. The summed E-state index contributed by atoms with van der Waals surface area (Å²) in [6.45, 7) is 1.62. The van der Waals surface area contributed by atoms with Gasteiger partial charge in [0.15, 0.2) is 0 Å². The molecule has 3 aromatic rings. The van der Waals surface area contributed by atoms with Crippen LogP contribution >= 0.6 is 0 Å². The highest BCUT2D eigenvalue weighted by Crippen LogP contribution is 2.36. The molecule has 0 aliphatic heterocycles. The monoisotopic (exact) mass is 487 g/mol. The SMILES string of the molecule is Cc1c(-c2cnc3ccn(CC(=O)NC4CC4)c3c2)cccc1C(F)(F)F.O=C(O)C(F)(F)F. The Morgan fingerprint density at radius 2 is 1.79 bits per heavy atom. The topological polar surface area (TPSA) is 84.2 Å². The molecule has 0 unspecified atom stereocenters. The normalized spacial score (nSPS) is 13.9. The molecule has 182 valence electrons. The Labute approximate surface area is 189 Å². The third-order valence-electron chi connectivity index (χ3n) is 5.07. The molecule has 1 saturated carbocycles. The van der Waals surface area contributed by atoms with Crippen LogP contribution in [-0.4, -0.2) is 38.8 Å². The molecule has 1 fully saturated rings. The molecule has 0 bridgehead atoms. The number of aliphatic carboxylic acids is 1. The zero-order valence-electron chi connectivity index (χ0n) is 17.7. The highest BCUT2D eigenvalue weighted by atomic mass is 19.4. The van der Waals surface area contributed by atoms with Gasteiger partial charge >= 0.3 is 18.3 Å². The summed E-state index contributed by atoms with van der Waals surface area (Å²) in [5, 5.41) is 10.1. The van der Waals surface area contributed by atoms with Gasteiger partial charge in [-0.3, -0.25) is 9.78 Å². The summed E-state index contributed by atoms with van der Waals surface area (Å²) in [6.07, 6.45) is -4.12. The summed E-state index contributed by atoms with van der Waals surface area (Å²) in [5.41, 5.74) is 2.00. The van der Waals surface area contributed by atoms with E-state index in [2.05, 4.69) is 10.3 Å². The number of hydrogen-bond acceptors (Lipinski definition) is 3. The summed E-state index contributed by atoms with van der Waals surface area (Å²) < 4.78 is 73.1. The Morgan fingerprint density at radius 1 is 1.15 bits per heavy atom. The summed E-state index contributed by atoms with van der Waals surface area (Å²) >= 11 is 0. The quantitative estimate of drug-likeness (QED) is 0.511.